The van der Waals surface area contributed by atoms with E-state index in [-0.39, 0.29) is 26.4 Å². The molecule has 12 nitrogen and oxygen atoms in total. The molecular formula is C40H88O12Si6. The molecule has 2 unspecified atom stereocenters. The van der Waals surface area contributed by atoms with Gasteiger partial charge in [0.05, 0.1) is 19.8 Å². The van der Waals surface area contributed by atoms with Crippen LogP contribution in [0.2, 0.25) is 103 Å². The summed E-state index contributed by atoms with van der Waals surface area (Å²) in [5.74, 6) is -1.00. The van der Waals surface area contributed by atoms with Gasteiger partial charge in [0.2, 0.25) is 0 Å². The zero-order chi connectivity index (χ0) is 45.4. The van der Waals surface area contributed by atoms with E-state index in [0.29, 0.717) is 24.4 Å². The van der Waals surface area contributed by atoms with Gasteiger partial charge in [-0.05, 0) is 129 Å². The van der Waals surface area contributed by atoms with E-state index in [2.05, 4.69) is 106 Å². The van der Waals surface area contributed by atoms with E-state index >= 15 is 0 Å². The molecule has 0 aromatic rings. The Bertz CT molecular complexity index is 1200. The van der Waals surface area contributed by atoms with Crippen LogP contribution in [-0.2, 0) is 45.0 Å². The van der Waals surface area contributed by atoms with Gasteiger partial charge in [-0.25, -0.2) is 9.59 Å². The summed E-state index contributed by atoms with van der Waals surface area (Å²) in [5.41, 5.74) is 0.625. The second-order valence-corrected chi connectivity index (χ2v) is 43.8. The lowest BCUT2D eigenvalue weighted by Gasteiger charge is -2.39. The molecule has 2 N–H and O–H groups in total. The summed E-state index contributed by atoms with van der Waals surface area (Å²) in [6, 6.07) is 4.31. The summed E-state index contributed by atoms with van der Waals surface area (Å²) in [4.78, 5) is 22.8. The number of hydrogen-bond donors (Lipinski definition) is 2. The Morgan fingerprint density at radius 1 is 0.552 bits per heavy atom. The molecule has 0 spiro atoms. The topological polar surface area (TPSA) is 148 Å². The molecule has 2 atom stereocenters. The Kier molecular flexibility index (Phi) is 29.6. The van der Waals surface area contributed by atoms with Crippen molar-refractivity contribution in [1.29, 1.82) is 0 Å². The van der Waals surface area contributed by atoms with Gasteiger partial charge in [-0.2, -0.15) is 0 Å². The lowest BCUT2D eigenvalue weighted by molar-refractivity contribution is -0.149. The fraction of sp³-hybridized carbons (Fsp3) is 0.850. The first-order chi connectivity index (χ1) is 26.4. The summed E-state index contributed by atoms with van der Waals surface area (Å²) in [7, 11) is -11.4. The summed E-state index contributed by atoms with van der Waals surface area (Å²) >= 11 is 0. The Labute approximate surface area is 361 Å². The van der Waals surface area contributed by atoms with E-state index < -0.39 is 74.5 Å². The van der Waals surface area contributed by atoms with E-state index in [0.717, 1.165) is 24.9 Å². The van der Waals surface area contributed by atoms with E-state index in [1.807, 2.05) is 0 Å². The summed E-state index contributed by atoms with van der Waals surface area (Å²) in [6.45, 7) is 42.5. The van der Waals surface area contributed by atoms with Crippen molar-refractivity contribution in [2.75, 3.05) is 39.6 Å². The number of aliphatic hydroxyl groups excluding tert-OH is 2. The molecule has 0 radical (unpaired) electrons. The van der Waals surface area contributed by atoms with E-state index in [9.17, 15) is 19.8 Å². The van der Waals surface area contributed by atoms with Crippen LogP contribution in [0.4, 0.5) is 0 Å². The predicted octanol–water partition coefficient (Wildman–Crippen LogP) is 9.64. The number of carbonyl (C=O) groups excluding carboxylic acids is 2. The van der Waals surface area contributed by atoms with Crippen molar-refractivity contribution in [2.24, 2.45) is 0 Å². The van der Waals surface area contributed by atoms with Crippen molar-refractivity contribution in [3.63, 3.8) is 0 Å². The minimum absolute atomic E-state index is 0.0795. The maximum Gasteiger partial charge on any atom is 0.333 e. The molecule has 0 bridgehead atoms. The van der Waals surface area contributed by atoms with Crippen molar-refractivity contribution >= 4 is 62.3 Å². The van der Waals surface area contributed by atoms with Gasteiger partial charge >= 0.3 is 29.1 Å². The van der Waals surface area contributed by atoms with Crippen LogP contribution in [0, 0.1) is 0 Å². The predicted molar refractivity (Wildman–Crippen MR) is 253 cm³/mol. The van der Waals surface area contributed by atoms with Gasteiger partial charge in [-0.3, -0.25) is 0 Å². The van der Waals surface area contributed by atoms with Gasteiger partial charge in [0.15, 0.2) is 33.3 Å². The van der Waals surface area contributed by atoms with Crippen LogP contribution in [0.5, 0.6) is 0 Å². The molecule has 18 heteroatoms. The molecular weight excluding hydrogens is 841 g/mol. The summed E-state index contributed by atoms with van der Waals surface area (Å²) in [6.07, 6.45) is 5.11. The average Bonchev–Trinajstić information content (AvgIpc) is 3.05. The first-order valence-electron chi connectivity index (χ1n) is 21.4. The Morgan fingerprint density at radius 3 is 1.22 bits per heavy atom. The number of carbonyl (C=O) groups is 2. The van der Waals surface area contributed by atoms with Gasteiger partial charge in [0.1, 0.15) is 18.8 Å². The molecule has 58 heavy (non-hydrogen) atoms. The normalized spacial score (nSPS) is 14.0. The molecule has 0 aromatic heterocycles. The maximum absolute atomic E-state index is 11.5. The number of unbranched alkanes of at least 4 members (excludes halogenated alkanes) is 2. The van der Waals surface area contributed by atoms with E-state index in [1.165, 1.54) is 37.8 Å². The minimum atomic E-state index is -2.16. The second-order valence-electron chi connectivity index (χ2n) is 18.8. The molecule has 0 aliphatic rings. The van der Waals surface area contributed by atoms with Gasteiger partial charge in [0, 0.05) is 24.4 Å². The molecule has 0 aliphatic heterocycles. The third-order valence-electron chi connectivity index (χ3n) is 8.68. The van der Waals surface area contributed by atoms with Gasteiger partial charge in [0.25, 0.3) is 0 Å². The molecule has 0 fully saturated rings. The van der Waals surface area contributed by atoms with Gasteiger partial charge in [-0.1, -0.05) is 52.7 Å². The lowest BCUT2D eigenvalue weighted by Crippen LogP contribution is -2.52. The van der Waals surface area contributed by atoms with Crippen molar-refractivity contribution in [3.8, 4) is 0 Å². The fourth-order valence-electron chi connectivity index (χ4n) is 6.47. The maximum atomic E-state index is 11.5. The van der Waals surface area contributed by atoms with E-state index in [4.69, 9.17) is 35.4 Å². The Hall–Kier alpha value is -0.599. The summed E-state index contributed by atoms with van der Waals surface area (Å²) < 4.78 is 47.4. The van der Waals surface area contributed by atoms with Gasteiger partial charge < -0.3 is 45.6 Å². The quantitative estimate of drug-likeness (QED) is 0.0287. The van der Waals surface area contributed by atoms with Gasteiger partial charge in [-0.15, -0.1) is 0 Å². The Morgan fingerprint density at radius 2 is 0.897 bits per heavy atom. The smallest absolute Gasteiger partial charge is 0.333 e. The van der Waals surface area contributed by atoms with Crippen LogP contribution < -0.4 is 0 Å². The first kappa shape index (κ1) is 59.5. The molecule has 0 aliphatic carbocycles. The molecule has 0 amide bonds. The van der Waals surface area contributed by atoms with Crippen molar-refractivity contribution in [3.05, 3.63) is 24.3 Å². The third-order valence-corrected chi connectivity index (χ3v) is 31.6. The van der Waals surface area contributed by atoms with Crippen molar-refractivity contribution < 1.29 is 55.2 Å². The summed E-state index contributed by atoms with van der Waals surface area (Å²) in [5, 5.41) is 19.1. The van der Waals surface area contributed by atoms with Crippen LogP contribution in [0.3, 0.4) is 0 Å². The molecule has 0 heterocycles. The van der Waals surface area contributed by atoms with Crippen molar-refractivity contribution in [1.82, 2.24) is 0 Å². The highest BCUT2D eigenvalue weighted by Crippen LogP contribution is 2.28. The first-order valence-corrected chi connectivity index (χ1v) is 39.5. The number of hydrogen-bond acceptors (Lipinski definition) is 12. The molecule has 0 rings (SSSR count). The Balaban J connectivity index is 0. The third kappa shape index (κ3) is 33.1. The molecule has 0 saturated heterocycles. The molecule has 0 saturated carbocycles. The highest BCUT2D eigenvalue weighted by Gasteiger charge is 2.40. The average molecular weight is 930 g/mol. The van der Waals surface area contributed by atoms with Crippen LogP contribution in [0.1, 0.15) is 66.2 Å². The number of aliphatic hydroxyl groups is 2. The van der Waals surface area contributed by atoms with Crippen molar-refractivity contribution in [2.45, 2.75) is 181 Å². The monoisotopic (exact) mass is 928 g/mol. The van der Waals surface area contributed by atoms with Crippen LogP contribution in [0.25, 0.3) is 0 Å². The van der Waals surface area contributed by atoms with Crippen LogP contribution >= 0.6 is 0 Å². The van der Waals surface area contributed by atoms with Crippen LogP contribution in [0.15, 0.2) is 24.3 Å². The standard InChI is InChI=1S/2C20H44O6Si3/c1-10-11-14-27(4,5)25-29(8,9)26-28(6,7)15-12-13-23-16-19(21)17-24-20(22)18(2)3;1-10-11-14-27(4,5)25-29(8,9)26-28(6,7)15-12-13-23-17-19(16-21)24-20(22)18(2)3/h2*19,21H,2,10-17H2,1,3-9H3. The number of ether oxygens (including phenoxy) is 4. The zero-order valence-electron chi connectivity index (χ0n) is 39.9. The second kappa shape index (κ2) is 28.9. The number of rotatable bonds is 32. The SMILES string of the molecule is C=C(C)C(=O)OC(CO)COCCC[Si](C)(C)O[Si](C)(C)O[Si](C)(C)CCCC.C=C(C)C(=O)OCC(O)COCCC[Si](C)(C)O[Si](C)(C)O[Si](C)(C)CCCC. The lowest BCUT2D eigenvalue weighted by atomic mass is 10.3. The molecule has 0 aromatic carbocycles. The van der Waals surface area contributed by atoms with Crippen LogP contribution in [-0.4, -0.2) is 124 Å². The minimum Gasteiger partial charge on any atom is -0.460 e. The molecule has 344 valence electrons. The highest BCUT2D eigenvalue weighted by molar-refractivity contribution is 6.88. The fourth-order valence-corrected chi connectivity index (χ4v) is 34.9. The van der Waals surface area contributed by atoms with E-state index in [1.54, 1.807) is 13.8 Å². The number of esters is 2. The highest BCUT2D eigenvalue weighted by atomic mass is 28.5. The zero-order valence-corrected chi connectivity index (χ0v) is 45.9. The largest absolute Gasteiger partial charge is 0.460 e.